The quantitative estimate of drug-likeness (QED) is 0.545. The van der Waals surface area contributed by atoms with E-state index in [1.165, 1.54) is 0 Å². The maximum absolute atomic E-state index is 12.2. The van der Waals surface area contributed by atoms with Gasteiger partial charge in [0, 0.05) is 12.8 Å². The first-order chi connectivity index (χ1) is 8.86. The second kappa shape index (κ2) is 6.68. The summed E-state index contributed by atoms with van der Waals surface area (Å²) in [5.41, 5.74) is 0. The SMILES string of the molecule is CCC(C)OC(=O)[C@@H](CC(C)C)N1C(=O)CCC1=O. The number of hydrogen-bond acceptors (Lipinski definition) is 4. The Bertz CT molecular complexity index is 348. The number of nitrogens with zero attached hydrogens (tertiary/aromatic N) is 1. The number of amides is 2. The summed E-state index contributed by atoms with van der Waals surface area (Å²) < 4.78 is 5.29. The second-order valence-corrected chi connectivity index (χ2v) is 5.46. The molecule has 0 saturated carbocycles. The highest BCUT2D eigenvalue weighted by atomic mass is 16.5. The van der Waals surface area contributed by atoms with Crippen molar-refractivity contribution < 1.29 is 19.1 Å². The lowest BCUT2D eigenvalue weighted by Crippen LogP contribution is -2.46. The third kappa shape index (κ3) is 4.04. The number of ether oxygens (including phenoxy) is 1. The van der Waals surface area contributed by atoms with Crippen LogP contribution in [0.15, 0.2) is 0 Å². The average Bonchev–Trinajstić information content (AvgIpc) is 2.65. The lowest BCUT2D eigenvalue weighted by molar-refractivity contribution is -0.162. The topological polar surface area (TPSA) is 63.7 Å². The molecule has 0 N–H and O–H groups in total. The number of carbonyl (C=O) groups excluding carboxylic acids is 3. The first-order valence-corrected chi connectivity index (χ1v) is 6.92. The second-order valence-electron chi connectivity index (χ2n) is 5.46. The molecule has 0 bridgehead atoms. The molecule has 0 aromatic heterocycles. The van der Waals surface area contributed by atoms with E-state index in [1.807, 2.05) is 20.8 Å². The number of esters is 1. The van der Waals surface area contributed by atoms with E-state index in [2.05, 4.69) is 0 Å². The predicted molar refractivity (Wildman–Crippen MR) is 70.2 cm³/mol. The van der Waals surface area contributed by atoms with E-state index < -0.39 is 12.0 Å². The fraction of sp³-hybridized carbons (Fsp3) is 0.786. The monoisotopic (exact) mass is 269 g/mol. The standard InChI is InChI=1S/C14H23NO4/c1-5-10(4)19-14(18)11(8-9(2)3)15-12(16)6-7-13(15)17/h9-11H,5-8H2,1-4H3/t10?,11-/m1/s1. The molecule has 1 heterocycles. The molecule has 19 heavy (non-hydrogen) atoms. The molecule has 0 radical (unpaired) electrons. The lowest BCUT2D eigenvalue weighted by Gasteiger charge is -2.27. The molecule has 2 atom stereocenters. The van der Waals surface area contributed by atoms with Gasteiger partial charge in [0.15, 0.2) is 0 Å². The van der Waals surface area contributed by atoms with E-state index in [4.69, 9.17) is 4.74 Å². The number of carbonyl (C=O) groups is 3. The number of rotatable bonds is 6. The van der Waals surface area contributed by atoms with Crippen molar-refractivity contribution >= 4 is 17.8 Å². The lowest BCUT2D eigenvalue weighted by atomic mass is 10.0. The Morgan fingerprint density at radius 1 is 1.21 bits per heavy atom. The molecule has 0 aliphatic carbocycles. The molecule has 0 aromatic rings. The highest BCUT2D eigenvalue weighted by molar-refractivity contribution is 6.05. The van der Waals surface area contributed by atoms with Crippen LogP contribution >= 0.6 is 0 Å². The van der Waals surface area contributed by atoms with E-state index in [0.29, 0.717) is 12.8 Å². The molecular weight excluding hydrogens is 246 g/mol. The smallest absolute Gasteiger partial charge is 0.329 e. The summed E-state index contributed by atoms with van der Waals surface area (Å²) in [6.45, 7) is 7.63. The van der Waals surface area contributed by atoms with E-state index in [9.17, 15) is 14.4 Å². The van der Waals surface area contributed by atoms with Crippen LogP contribution in [0.2, 0.25) is 0 Å². The Hall–Kier alpha value is -1.39. The van der Waals surface area contributed by atoms with Gasteiger partial charge in [0.2, 0.25) is 11.8 Å². The van der Waals surface area contributed by atoms with Crippen LogP contribution in [-0.4, -0.2) is 34.8 Å². The molecule has 1 aliphatic rings. The fourth-order valence-corrected chi connectivity index (χ4v) is 2.06. The van der Waals surface area contributed by atoms with Gasteiger partial charge in [0.1, 0.15) is 6.04 Å². The van der Waals surface area contributed by atoms with Gasteiger partial charge in [-0.3, -0.25) is 14.5 Å². The minimum Gasteiger partial charge on any atom is -0.461 e. The summed E-state index contributed by atoms with van der Waals surface area (Å²) in [7, 11) is 0. The van der Waals surface area contributed by atoms with Crippen LogP contribution in [0.4, 0.5) is 0 Å². The Balaban J connectivity index is 2.85. The summed E-state index contributed by atoms with van der Waals surface area (Å²) in [6, 6.07) is -0.767. The van der Waals surface area contributed by atoms with Crippen LogP contribution in [-0.2, 0) is 19.1 Å². The zero-order valence-electron chi connectivity index (χ0n) is 12.1. The van der Waals surface area contributed by atoms with Gasteiger partial charge in [-0.2, -0.15) is 0 Å². The highest BCUT2D eigenvalue weighted by Gasteiger charge is 2.40. The Kier molecular flexibility index (Phi) is 5.51. The van der Waals surface area contributed by atoms with Crippen molar-refractivity contribution in [3.63, 3.8) is 0 Å². The van der Waals surface area contributed by atoms with Crippen LogP contribution < -0.4 is 0 Å². The summed E-state index contributed by atoms with van der Waals surface area (Å²) >= 11 is 0. The van der Waals surface area contributed by atoms with Gasteiger partial charge in [-0.15, -0.1) is 0 Å². The molecule has 1 aliphatic heterocycles. The van der Waals surface area contributed by atoms with Gasteiger partial charge in [-0.25, -0.2) is 4.79 Å². The van der Waals surface area contributed by atoms with E-state index >= 15 is 0 Å². The van der Waals surface area contributed by atoms with Gasteiger partial charge < -0.3 is 4.74 Å². The van der Waals surface area contributed by atoms with Crippen molar-refractivity contribution in [2.75, 3.05) is 0 Å². The first-order valence-electron chi connectivity index (χ1n) is 6.92. The van der Waals surface area contributed by atoms with Crippen molar-refractivity contribution in [2.24, 2.45) is 5.92 Å². The first kappa shape index (κ1) is 15.7. The largest absolute Gasteiger partial charge is 0.461 e. The summed E-state index contributed by atoms with van der Waals surface area (Å²) in [5.74, 6) is -0.796. The van der Waals surface area contributed by atoms with E-state index in [1.54, 1.807) is 6.92 Å². The van der Waals surface area contributed by atoms with Crippen molar-refractivity contribution in [1.82, 2.24) is 4.90 Å². The molecule has 1 unspecified atom stereocenters. The van der Waals surface area contributed by atoms with Gasteiger partial charge in [0.05, 0.1) is 6.10 Å². The van der Waals surface area contributed by atoms with Gasteiger partial charge in [-0.05, 0) is 25.7 Å². The van der Waals surface area contributed by atoms with E-state index in [0.717, 1.165) is 4.90 Å². The van der Waals surface area contributed by atoms with Crippen molar-refractivity contribution in [2.45, 2.75) is 65.5 Å². The number of imide groups is 1. The number of likely N-dealkylation sites (tertiary alicyclic amines) is 1. The van der Waals surface area contributed by atoms with E-state index in [-0.39, 0.29) is 36.7 Å². The molecule has 0 spiro atoms. The zero-order valence-corrected chi connectivity index (χ0v) is 12.1. The van der Waals surface area contributed by atoms with Gasteiger partial charge in [-0.1, -0.05) is 20.8 Å². The molecule has 1 saturated heterocycles. The Morgan fingerprint density at radius 2 is 1.74 bits per heavy atom. The predicted octanol–water partition coefficient (Wildman–Crippen LogP) is 1.89. The van der Waals surface area contributed by atoms with Crippen LogP contribution in [0.3, 0.4) is 0 Å². The minimum absolute atomic E-state index is 0.198. The fourth-order valence-electron chi connectivity index (χ4n) is 2.06. The van der Waals surface area contributed by atoms with Crippen molar-refractivity contribution in [3.05, 3.63) is 0 Å². The number of hydrogen-bond donors (Lipinski definition) is 0. The summed E-state index contributed by atoms with van der Waals surface area (Å²) in [5, 5.41) is 0. The molecule has 5 nitrogen and oxygen atoms in total. The van der Waals surface area contributed by atoms with Crippen LogP contribution in [0.5, 0.6) is 0 Å². The minimum atomic E-state index is -0.767. The van der Waals surface area contributed by atoms with Crippen molar-refractivity contribution in [1.29, 1.82) is 0 Å². The van der Waals surface area contributed by atoms with Crippen molar-refractivity contribution in [3.8, 4) is 0 Å². The summed E-state index contributed by atoms with van der Waals surface area (Å²) in [6.07, 6.45) is 1.36. The molecule has 5 heteroatoms. The normalized spacial score (nSPS) is 18.9. The highest BCUT2D eigenvalue weighted by Crippen LogP contribution is 2.22. The maximum Gasteiger partial charge on any atom is 0.329 e. The summed E-state index contributed by atoms with van der Waals surface area (Å²) in [4.78, 5) is 36.8. The Labute approximate surface area is 114 Å². The zero-order chi connectivity index (χ0) is 14.6. The molecule has 2 amide bonds. The third-order valence-electron chi connectivity index (χ3n) is 3.26. The van der Waals surface area contributed by atoms with Gasteiger partial charge >= 0.3 is 5.97 Å². The molecule has 1 rings (SSSR count). The molecular formula is C14H23NO4. The maximum atomic E-state index is 12.2. The van der Waals surface area contributed by atoms with Gasteiger partial charge in [0.25, 0.3) is 0 Å². The average molecular weight is 269 g/mol. The molecule has 108 valence electrons. The van der Waals surface area contributed by atoms with Crippen LogP contribution in [0.1, 0.15) is 53.4 Å². The molecule has 1 fully saturated rings. The third-order valence-corrected chi connectivity index (χ3v) is 3.26. The Morgan fingerprint density at radius 3 is 2.16 bits per heavy atom. The van der Waals surface area contributed by atoms with Crippen LogP contribution in [0, 0.1) is 5.92 Å². The molecule has 0 aromatic carbocycles. The van der Waals surface area contributed by atoms with Crippen LogP contribution in [0.25, 0.3) is 0 Å².